The van der Waals surface area contributed by atoms with Gasteiger partial charge in [0.2, 0.25) is 0 Å². The topological polar surface area (TPSA) is 95.1 Å². The Balaban J connectivity index is 1.84. The first-order valence-electron chi connectivity index (χ1n) is 7.90. The summed E-state index contributed by atoms with van der Waals surface area (Å²) in [6.45, 7) is 2.90. The largest absolute Gasteiger partial charge is 0.282 e. The molecule has 0 bridgehead atoms. The summed E-state index contributed by atoms with van der Waals surface area (Å²) in [5.41, 5.74) is 3.21. The van der Waals surface area contributed by atoms with Gasteiger partial charge >= 0.3 is 0 Å². The maximum absolute atomic E-state index is 12.4. The summed E-state index contributed by atoms with van der Waals surface area (Å²) < 4.78 is 27.5. The number of hydrogen-bond acceptors (Lipinski definition) is 5. The maximum atomic E-state index is 12.4. The number of H-pyrrole nitrogens is 1. The number of aryl methyl sites for hydroxylation is 1. The lowest BCUT2D eigenvalue weighted by Gasteiger charge is -2.33. The molecule has 3 heterocycles. The lowest BCUT2D eigenvalue weighted by molar-refractivity contribution is 0.296. The fourth-order valence-electron chi connectivity index (χ4n) is 2.87. The molecule has 0 aliphatic carbocycles. The fourth-order valence-corrected chi connectivity index (χ4v) is 4.06. The number of aromatic amines is 1. The van der Waals surface area contributed by atoms with Crippen LogP contribution in [0.3, 0.4) is 0 Å². The minimum absolute atomic E-state index is 0.0426. The van der Waals surface area contributed by atoms with E-state index in [2.05, 4.69) is 20.2 Å². The Bertz CT molecular complexity index is 817. The van der Waals surface area contributed by atoms with Crippen molar-refractivity contribution in [1.29, 1.82) is 0 Å². The summed E-state index contributed by atoms with van der Waals surface area (Å²) in [4.78, 5) is 8.93. The van der Waals surface area contributed by atoms with Crippen LogP contribution >= 0.6 is 0 Å². The van der Waals surface area contributed by atoms with Crippen molar-refractivity contribution in [3.05, 3.63) is 29.8 Å². The minimum Gasteiger partial charge on any atom is -0.282 e. The predicted octanol–water partition coefficient (Wildman–Crippen LogP) is 1.16. The van der Waals surface area contributed by atoms with E-state index in [9.17, 15) is 8.42 Å². The van der Waals surface area contributed by atoms with E-state index in [0.29, 0.717) is 18.8 Å². The van der Waals surface area contributed by atoms with Crippen LogP contribution in [-0.4, -0.2) is 64.4 Å². The SMILES string of the molecule is Cc1cc(-c2cncc([C@@H]3CCCN(S(=O)(=O)N(C)C)C3)n2)n[nH]1. The molecule has 0 aromatic carbocycles. The molecule has 0 unspecified atom stereocenters. The van der Waals surface area contributed by atoms with Gasteiger partial charge in [-0.05, 0) is 25.8 Å². The molecule has 0 amide bonds. The van der Waals surface area contributed by atoms with E-state index in [1.165, 1.54) is 8.61 Å². The number of hydrogen-bond donors (Lipinski definition) is 1. The summed E-state index contributed by atoms with van der Waals surface area (Å²) in [5, 5.41) is 7.10. The Hall–Kier alpha value is -1.84. The number of nitrogens with one attached hydrogen (secondary N) is 1. The average molecular weight is 350 g/mol. The van der Waals surface area contributed by atoms with Gasteiger partial charge in [-0.25, -0.2) is 4.98 Å². The van der Waals surface area contributed by atoms with Crippen molar-refractivity contribution in [2.24, 2.45) is 0 Å². The van der Waals surface area contributed by atoms with Gasteiger partial charge in [-0.15, -0.1) is 0 Å². The van der Waals surface area contributed by atoms with E-state index in [0.717, 1.165) is 29.9 Å². The van der Waals surface area contributed by atoms with E-state index in [4.69, 9.17) is 0 Å². The number of nitrogens with zero attached hydrogens (tertiary/aromatic N) is 5. The number of piperidine rings is 1. The van der Waals surface area contributed by atoms with Crippen molar-refractivity contribution >= 4 is 10.2 Å². The second kappa shape index (κ2) is 6.58. The van der Waals surface area contributed by atoms with Crippen molar-refractivity contribution in [3.63, 3.8) is 0 Å². The van der Waals surface area contributed by atoms with Crippen LogP contribution in [0, 0.1) is 6.92 Å². The fraction of sp³-hybridized carbons (Fsp3) is 0.533. The van der Waals surface area contributed by atoms with E-state index in [-0.39, 0.29) is 5.92 Å². The summed E-state index contributed by atoms with van der Waals surface area (Å²) in [6.07, 6.45) is 5.11. The normalized spacial score (nSPS) is 19.8. The molecule has 24 heavy (non-hydrogen) atoms. The van der Waals surface area contributed by atoms with Crippen LogP contribution in [0.4, 0.5) is 0 Å². The highest BCUT2D eigenvalue weighted by Gasteiger charge is 2.31. The molecular weight excluding hydrogens is 328 g/mol. The third-order valence-electron chi connectivity index (χ3n) is 4.21. The Kier molecular flexibility index (Phi) is 4.66. The second-order valence-electron chi connectivity index (χ2n) is 6.25. The zero-order valence-electron chi connectivity index (χ0n) is 14.1. The third-order valence-corrected chi connectivity index (χ3v) is 6.12. The zero-order valence-corrected chi connectivity index (χ0v) is 14.9. The van der Waals surface area contributed by atoms with Gasteiger partial charge in [0.25, 0.3) is 10.2 Å². The molecule has 1 N–H and O–H groups in total. The van der Waals surface area contributed by atoms with Gasteiger partial charge in [0.1, 0.15) is 11.4 Å². The van der Waals surface area contributed by atoms with Crippen LogP contribution in [0.5, 0.6) is 0 Å². The molecule has 1 aliphatic rings. The first-order chi connectivity index (χ1) is 11.4. The molecule has 9 heteroatoms. The van der Waals surface area contributed by atoms with Crippen LogP contribution < -0.4 is 0 Å². The first kappa shape index (κ1) is 17.0. The summed E-state index contributed by atoms with van der Waals surface area (Å²) in [6, 6.07) is 1.91. The van der Waals surface area contributed by atoms with Crippen molar-refractivity contribution in [2.75, 3.05) is 27.2 Å². The lowest BCUT2D eigenvalue weighted by atomic mass is 9.96. The van der Waals surface area contributed by atoms with Crippen molar-refractivity contribution in [3.8, 4) is 11.4 Å². The lowest BCUT2D eigenvalue weighted by Crippen LogP contribution is -2.45. The summed E-state index contributed by atoms with van der Waals surface area (Å²) >= 11 is 0. The van der Waals surface area contributed by atoms with E-state index in [1.807, 2.05) is 13.0 Å². The van der Waals surface area contributed by atoms with E-state index < -0.39 is 10.2 Å². The Morgan fingerprint density at radius 3 is 2.75 bits per heavy atom. The monoisotopic (exact) mass is 350 g/mol. The smallest absolute Gasteiger partial charge is 0.281 e. The standard InChI is InChI=1S/C15H22N6O2S/c1-11-7-13(19-18-11)15-9-16-8-14(17-15)12-5-4-6-21(10-12)24(22,23)20(2)3/h7-9,12H,4-6,10H2,1-3H3,(H,18,19)/t12-/m1/s1. The van der Waals surface area contributed by atoms with Gasteiger partial charge in [0, 0.05) is 45.0 Å². The molecule has 0 spiro atoms. The van der Waals surface area contributed by atoms with Gasteiger partial charge in [-0.2, -0.15) is 22.1 Å². The highest BCUT2D eigenvalue weighted by molar-refractivity contribution is 7.86. The van der Waals surface area contributed by atoms with Crippen LogP contribution in [0.25, 0.3) is 11.4 Å². The third kappa shape index (κ3) is 3.33. The molecule has 1 fully saturated rings. The Labute approximate surface area is 142 Å². The minimum atomic E-state index is -3.40. The molecular formula is C15H22N6O2S. The number of rotatable bonds is 4. The Morgan fingerprint density at radius 2 is 2.08 bits per heavy atom. The van der Waals surface area contributed by atoms with Crippen molar-refractivity contribution < 1.29 is 8.42 Å². The van der Waals surface area contributed by atoms with Gasteiger partial charge in [-0.1, -0.05) is 0 Å². The van der Waals surface area contributed by atoms with Crippen LogP contribution in [0.1, 0.15) is 30.1 Å². The van der Waals surface area contributed by atoms with E-state index >= 15 is 0 Å². The van der Waals surface area contributed by atoms with Crippen LogP contribution in [-0.2, 0) is 10.2 Å². The van der Waals surface area contributed by atoms with Gasteiger partial charge in [0.15, 0.2) is 0 Å². The van der Waals surface area contributed by atoms with Gasteiger partial charge in [-0.3, -0.25) is 10.1 Å². The summed E-state index contributed by atoms with van der Waals surface area (Å²) in [5.74, 6) is 0.0426. The highest BCUT2D eigenvalue weighted by atomic mass is 32.2. The molecule has 130 valence electrons. The molecule has 2 aromatic rings. The van der Waals surface area contributed by atoms with Crippen molar-refractivity contribution in [1.82, 2.24) is 28.8 Å². The molecule has 1 aliphatic heterocycles. The molecule has 1 saturated heterocycles. The molecule has 8 nitrogen and oxygen atoms in total. The quantitative estimate of drug-likeness (QED) is 0.893. The average Bonchev–Trinajstić information content (AvgIpc) is 3.01. The van der Waals surface area contributed by atoms with Crippen LogP contribution in [0.15, 0.2) is 18.5 Å². The van der Waals surface area contributed by atoms with Gasteiger partial charge < -0.3 is 0 Å². The zero-order chi connectivity index (χ0) is 17.3. The number of aromatic nitrogens is 4. The maximum Gasteiger partial charge on any atom is 0.281 e. The second-order valence-corrected chi connectivity index (χ2v) is 8.40. The van der Waals surface area contributed by atoms with Crippen LogP contribution in [0.2, 0.25) is 0 Å². The molecule has 0 saturated carbocycles. The van der Waals surface area contributed by atoms with E-state index in [1.54, 1.807) is 26.5 Å². The Morgan fingerprint density at radius 1 is 1.29 bits per heavy atom. The first-order valence-corrected chi connectivity index (χ1v) is 9.29. The molecule has 3 rings (SSSR count). The van der Waals surface area contributed by atoms with Gasteiger partial charge in [0.05, 0.1) is 11.9 Å². The highest BCUT2D eigenvalue weighted by Crippen LogP contribution is 2.28. The summed E-state index contributed by atoms with van der Waals surface area (Å²) in [7, 11) is -0.289. The molecule has 1 atom stereocenters. The molecule has 0 radical (unpaired) electrons. The predicted molar refractivity (Wildman–Crippen MR) is 90.5 cm³/mol. The van der Waals surface area contributed by atoms with Crippen molar-refractivity contribution in [2.45, 2.75) is 25.7 Å². The molecule has 2 aromatic heterocycles.